The van der Waals surface area contributed by atoms with Gasteiger partial charge in [0.25, 0.3) is 0 Å². The minimum Gasteiger partial charge on any atom is -0.393 e. The van der Waals surface area contributed by atoms with Gasteiger partial charge < -0.3 is 10.2 Å². The molecule has 1 rings (SSSR count). The Kier molecular flexibility index (Phi) is 12.5. The minimum absolute atomic E-state index is 0.0841. The summed E-state index contributed by atoms with van der Waals surface area (Å²) in [6, 6.07) is 0. The maximum Gasteiger partial charge on any atom is 0.150 e. The Morgan fingerprint density at radius 3 is 2.26 bits per heavy atom. The molecule has 1 aliphatic carbocycles. The summed E-state index contributed by atoms with van der Waals surface area (Å²) in [5.41, 5.74) is 0. The van der Waals surface area contributed by atoms with Crippen molar-refractivity contribution in [2.45, 2.75) is 103 Å². The molecule has 2 N–H and O–H groups in total. The highest BCUT2D eigenvalue weighted by Crippen LogP contribution is 2.37. The van der Waals surface area contributed by atoms with E-state index in [1.54, 1.807) is 6.92 Å². The second kappa shape index (κ2) is 13.7. The fourth-order valence-electron chi connectivity index (χ4n) is 4.10. The molecule has 1 aliphatic rings. The van der Waals surface area contributed by atoms with Gasteiger partial charge in [-0.2, -0.15) is 0 Å². The van der Waals surface area contributed by atoms with Crippen LogP contribution in [-0.2, 0) is 9.84 Å². The molecule has 0 bridgehead atoms. The van der Waals surface area contributed by atoms with Crippen molar-refractivity contribution >= 4 is 9.84 Å². The Balaban J connectivity index is 2.25. The summed E-state index contributed by atoms with van der Waals surface area (Å²) in [6.45, 7) is 3.91. The molecule has 0 spiro atoms. The van der Waals surface area contributed by atoms with Crippen molar-refractivity contribution in [1.29, 1.82) is 0 Å². The highest BCUT2D eigenvalue weighted by Gasteiger charge is 2.39. The van der Waals surface area contributed by atoms with Crippen molar-refractivity contribution in [3.63, 3.8) is 0 Å². The van der Waals surface area contributed by atoms with E-state index in [-0.39, 0.29) is 17.6 Å². The van der Waals surface area contributed by atoms with Crippen LogP contribution in [0.1, 0.15) is 90.9 Å². The number of hydrogen-bond donors (Lipinski definition) is 2. The summed E-state index contributed by atoms with van der Waals surface area (Å²) < 4.78 is 22.9. The highest BCUT2D eigenvalue weighted by atomic mass is 32.2. The smallest absolute Gasteiger partial charge is 0.150 e. The molecule has 5 heteroatoms. The molecule has 0 aromatic heterocycles. The van der Waals surface area contributed by atoms with Crippen LogP contribution < -0.4 is 0 Å². The molecule has 27 heavy (non-hydrogen) atoms. The maximum absolute atomic E-state index is 11.5. The number of aliphatic hydroxyl groups is 2. The van der Waals surface area contributed by atoms with E-state index in [0.717, 1.165) is 44.9 Å². The predicted molar refractivity (Wildman–Crippen MR) is 114 cm³/mol. The van der Waals surface area contributed by atoms with Crippen molar-refractivity contribution in [3.05, 3.63) is 12.2 Å². The number of allylic oxidation sites excluding steroid dienone is 1. The van der Waals surface area contributed by atoms with E-state index in [9.17, 15) is 18.6 Å². The first-order chi connectivity index (χ1) is 12.9. The van der Waals surface area contributed by atoms with Gasteiger partial charge in [0.1, 0.15) is 9.84 Å². The molecular weight excluding hydrogens is 360 g/mol. The fraction of sp³-hybridized carbons (Fsp3) is 0.909. The predicted octanol–water partition coefficient (Wildman–Crippen LogP) is 4.65. The standard InChI is InChI=1S/C22H42O4S/c1-3-5-6-7-9-12-15-19-20(22(24)18-21(19)23)16-13-10-8-11-14-17-27(25,26)4-2/h12,15,19-24H,3-11,13-14,16-18H2,1-2H3/b15-12+/t19-,20-,21-,22+/m1/s1. The lowest BCUT2D eigenvalue weighted by molar-refractivity contribution is 0.115. The second-order valence-corrected chi connectivity index (χ2v) is 10.7. The van der Waals surface area contributed by atoms with Gasteiger partial charge in [-0.15, -0.1) is 0 Å². The number of unbranched alkanes of at least 4 members (excludes halogenated alkanes) is 8. The molecule has 4 atom stereocenters. The Morgan fingerprint density at radius 1 is 0.889 bits per heavy atom. The first kappa shape index (κ1) is 24.6. The lowest BCUT2D eigenvalue weighted by Gasteiger charge is -2.20. The van der Waals surface area contributed by atoms with Crippen LogP contribution >= 0.6 is 0 Å². The van der Waals surface area contributed by atoms with Gasteiger partial charge in [-0.25, -0.2) is 8.42 Å². The average Bonchev–Trinajstić information content (AvgIpc) is 2.90. The number of aliphatic hydroxyl groups excluding tert-OH is 2. The van der Waals surface area contributed by atoms with Gasteiger partial charge in [-0.1, -0.05) is 70.9 Å². The Labute approximate surface area is 167 Å². The third-order valence-corrected chi connectivity index (χ3v) is 7.72. The van der Waals surface area contributed by atoms with Gasteiger partial charge in [0.05, 0.1) is 18.0 Å². The van der Waals surface area contributed by atoms with E-state index in [1.165, 1.54) is 25.7 Å². The van der Waals surface area contributed by atoms with Crippen LogP contribution in [0.4, 0.5) is 0 Å². The SMILES string of the molecule is CCCCCC/C=C/[C@@H]1[C@@H](CCCCCCCS(=O)(=O)CC)[C@@H](O)C[C@H]1O. The zero-order valence-corrected chi connectivity index (χ0v) is 18.3. The summed E-state index contributed by atoms with van der Waals surface area (Å²) in [7, 11) is -2.83. The van der Waals surface area contributed by atoms with E-state index in [1.807, 2.05) is 0 Å². The van der Waals surface area contributed by atoms with Crippen LogP contribution in [0.3, 0.4) is 0 Å². The first-order valence-electron chi connectivity index (χ1n) is 11.1. The quantitative estimate of drug-likeness (QED) is 0.309. The molecule has 0 aromatic rings. The molecule has 4 nitrogen and oxygen atoms in total. The molecule has 0 unspecified atom stereocenters. The second-order valence-electron chi connectivity index (χ2n) is 8.18. The van der Waals surface area contributed by atoms with Crippen LogP contribution in [0.25, 0.3) is 0 Å². The molecule has 1 fully saturated rings. The lowest BCUT2D eigenvalue weighted by atomic mass is 9.88. The molecule has 0 aliphatic heterocycles. The van der Waals surface area contributed by atoms with Gasteiger partial charge in [0.2, 0.25) is 0 Å². The largest absolute Gasteiger partial charge is 0.393 e. The minimum atomic E-state index is -2.83. The highest BCUT2D eigenvalue weighted by molar-refractivity contribution is 7.91. The monoisotopic (exact) mass is 402 g/mol. The van der Waals surface area contributed by atoms with Crippen molar-refractivity contribution in [3.8, 4) is 0 Å². The van der Waals surface area contributed by atoms with Gasteiger partial charge >= 0.3 is 0 Å². The normalized spacial score (nSPS) is 26.2. The molecular formula is C22H42O4S. The molecule has 1 saturated carbocycles. The average molecular weight is 403 g/mol. The van der Waals surface area contributed by atoms with Crippen molar-refractivity contribution in [2.75, 3.05) is 11.5 Å². The fourth-order valence-corrected chi connectivity index (χ4v) is 5.03. The van der Waals surface area contributed by atoms with Crippen molar-refractivity contribution in [1.82, 2.24) is 0 Å². The van der Waals surface area contributed by atoms with Gasteiger partial charge in [-0.05, 0) is 31.6 Å². The van der Waals surface area contributed by atoms with E-state index in [2.05, 4.69) is 19.1 Å². The van der Waals surface area contributed by atoms with Crippen LogP contribution in [0, 0.1) is 11.8 Å². The van der Waals surface area contributed by atoms with E-state index in [0.29, 0.717) is 12.2 Å². The lowest BCUT2D eigenvalue weighted by Crippen LogP contribution is -2.20. The Morgan fingerprint density at radius 2 is 1.56 bits per heavy atom. The summed E-state index contributed by atoms with van der Waals surface area (Å²) in [5, 5.41) is 20.6. The van der Waals surface area contributed by atoms with Crippen LogP contribution in [0.5, 0.6) is 0 Å². The van der Waals surface area contributed by atoms with Crippen LogP contribution in [0.2, 0.25) is 0 Å². The molecule has 0 heterocycles. The van der Waals surface area contributed by atoms with E-state index in [4.69, 9.17) is 0 Å². The third-order valence-electron chi connectivity index (χ3n) is 5.93. The zero-order valence-electron chi connectivity index (χ0n) is 17.5. The van der Waals surface area contributed by atoms with Crippen LogP contribution in [-0.4, -0.2) is 42.3 Å². The molecule has 0 aromatic carbocycles. The first-order valence-corrected chi connectivity index (χ1v) is 13.0. The van der Waals surface area contributed by atoms with Gasteiger partial charge in [-0.3, -0.25) is 0 Å². The van der Waals surface area contributed by atoms with E-state index < -0.39 is 22.0 Å². The van der Waals surface area contributed by atoms with Crippen LogP contribution in [0.15, 0.2) is 12.2 Å². The molecule has 0 radical (unpaired) electrons. The molecule has 0 saturated heterocycles. The summed E-state index contributed by atoms with van der Waals surface area (Å²) >= 11 is 0. The summed E-state index contributed by atoms with van der Waals surface area (Å²) in [5.74, 6) is 0.790. The van der Waals surface area contributed by atoms with E-state index >= 15 is 0 Å². The van der Waals surface area contributed by atoms with Gasteiger partial charge in [0.15, 0.2) is 0 Å². The number of hydrogen-bond acceptors (Lipinski definition) is 4. The third kappa shape index (κ3) is 10.1. The summed E-state index contributed by atoms with van der Waals surface area (Å²) in [4.78, 5) is 0. The maximum atomic E-state index is 11.5. The zero-order chi connectivity index (χ0) is 20.1. The Hall–Kier alpha value is -0.390. The van der Waals surface area contributed by atoms with Crippen molar-refractivity contribution in [2.24, 2.45) is 11.8 Å². The van der Waals surface area contributed by atoms with Gasteiger partial charge in [0, 0.05) is 18.1 Å². The molecule has 0 amide bonds. The number of sulfone groups is 1. The molecule has 160 valence electrons. The summed E-state index contributed by atoms with van der Waals surface area (Å²) in [6.07, 6.45) is 15.9. The van der Waals surface area contributed by atoms with Crippen molar-refractivity contribution < 1.29 is 18.6 Å². The number of rotatable bonds is 15. The Bertz CT molecular complexity index is 500. The topological polar surface area (TPSA) is 74.6 Å².